The number of anilines is 1. The Morgan fingerprint density at radius 3 is 2.94 bits per heavy atom. The van der Waals surface area contributed by atoms with Gasteiger partial charge in [0.15, 0.2) is 0 Å². The Morgan fingerprint density at radius 1 is 1.44 bits per heavy atom. The van der Waals surface area contributed by atoms with Crippen LogP contribution in [0, 0.1) is 0 Å². The van der Waals surface area contributed by atoms with Gasteiger partial charge in [-0.3, -0.25) is 9.78 Å². The molecule has 0 radical (unpaired) electrons. The lowest BCUT2D eigenvalue weighted by molar-refractivity contribution is 0.639. The van der Waals surface area contributed by atoms with E-state index in [1.165, 1.54) is 10.7 Å². The van der Waals surface area contributed by atoms with Gasteiger partial charge < -0.3 is 5.32 Å². The number of hydrogen-bond acceptors (Lipinski definition) is 4. The van der Waals surface area contributed by atoms with Crippen LogP contribution in [0.25, 0.3) is 0 Å². The van der Waals surface area contributed by atoms with Crippen molar-refractivity contribution in [2.24, 2.45) is 0 Å². The van der Waals surface area contributed by atoms with E-state index < -0.39 is 0 Å². The van der Waals surface area contributed by atoms with Gasteiger partial charge in [0.2, 0.25) is 0 Å². The minimum Gasteiger partial charge on any atom is -0.384 e. The van der Waals surface area contributed by atoms with Gasteiger partial charge in [-0.25, -0.2) is 4.68 Å². The Hall–Kier alpha value is -1.88. The maximum atomic E-state index is 11.8. The van der Waals surface area contributed by atoms with Gasteiger partial charge >= 0.3 is 0 Å². The molecule has 0 saturated heterocycles. The summed E-state index contributed by atoms with van der Waals surface area (Å²) in [5, 5.41) is 7.66. The maximum Gasteiger partial charge on any atom is 0.269 e. The van der Waals surface area contributed by atoms with Crippen molar-refractivity contribution in [1.82, 2.24) is 14.8 Å². The van der Waals surface area contributed by atoms with Crippen molar-refractivity contribution in [1.29, 1.82) is 0 Å². The molecule has 0 unspecified atom stereocenters. The second kappa shape index (κ2) is 5.64. The van der Waals surface area contributed by atoms with Crippen molar-refractivity contribution in [3.05, 3.63) is 51.7 Å². The highest BCUT2D eigenvalue weighted by Crippen LogP contribution is 2.13. The molecule has 0 spiro atoms. The summed E-state index contributed by atoms with van der Waals surface area (Å²) in [4.78, 5) is 15.7. The van der Waals surface area contributed by atoms with Gasteiger partial charge in [-0.1, -0.05) is 11.6 Å². The van der Waals surface area contributed by atoms with E-state index in [1.54, 1.807) is 24.7 Å². The number of pyridine rings is 1. The fourth-order valence-corrected chi connectivity index (χ4v) is 1.73. The molecule has 0 aromatic carbocycles. The van der Waals surface area contributed by atoms with Crippen molar-refractivity contribution in [3.8, 4) is 0 Å². The molecule has 94 valence electrons. The van der Waals surface area contributed by atoms with Crippen molar-refractivity contribution in [2.45, 2.75) is 13.5 Å². The Balaban J connectivity index is 2.25. The number of nitrogens with zero attached hydrogens (tertiary/aromatic N) is 3. The third-order valence-corrected chi connectivity index (χ3v) is 2.77. The van der Waals surface area contributed by atoms with Crippen molar-refractivity contribution in [3.63, 3.8) is 0 Å². The number of rotatable bonds is 4. The van der Waals surface area contributed by atoms with Gasteiger partial charge in [-0.05, 0) is 18.6 Å². The average Bonchev–Trinajstić information content (AvgIpc) is 2.35. The van der Waals surface area contributed by atoms with E-state index in [4.69, 9.17) is 11.6 Å². The number of hydrogen-bond donors (Lipinski definition) is 1. The minimum absolute atomic E-state index is 0.165. The van der Waals surface area contributed by atoms with E-state index in [9.17, 15) is 4.79 Å². The zero-order valence-electron chi connectivity index (χ0n) is 9.93. The van der Waals surface area contributed by atoms with Crippen LogP contribution in [0.4, 0.5) is 5.69 Å². The largest absolute Gasteiger partial charge is 0.384 e. The van der Waals surface area contributed by atoms with Crippen molar-refractivity contribution < 1.29 is 0 Å². The van der Waals surface area contributed by atoms with Crippen LogP contribution in [0.5, 0.6) is 0 Å². The molecule has 2 rings (SSSR count). The van der Waals surface area contributed by atoms with Crippen LogP contribution < -0.4 is 10.9 Å². The quantitative estimate of drug-likeness (QED) is 0.914. The lowest BCUT2D eigenvalue weighted by Gasteiger charge is -2.07. The predicted molar refractivity (Wildman–Crippen MR) is 71.0 cm³/mol. The van der Waals surface area contributed by atoms with Gasteiger partial charge in [0.25, 0.3) is 5.56 Å². The molecule has 5 nitrogen and oxygen atoms in total. The molecule has 0 aliphatic heterocycles. The molecule has 18 heavy (non-hydrogen) atoms. The first-order valence-electron chi connectivity index (χ1n) is 5.60. The summed E-state index contributed by atoms with van der Waals surface area (Å²) in [6, 6.07) is 3.29. The van der Waals surface area contributed by atoms with Crippen LogP contribution in [0.15, 0.2) is 35.5 Å². The molecule has 0 amide bonds. The summed E-state index contributed by atoms with van der Waals surface area (Å²) in [5.41, 5.74) is 1.37. The molecule has 0 saturated carbocycles. The molecule has 0 aliphatic carbocycles. The Morgan fingerprint density at radius 2 is 2.28 bits per heavy atom. The lowest BCUT2D eigenvalue weighted by atomic mass is 10.3. The van der Waals surface area contributed by atoms with Crippen LogP contribution >= 0.6 is 11.6 Å². The number of nitrogens with one attached hydrogen (secondary N) is 1. The lowest BCUT2D eigenvalue weighted by Crippen LogP contribution is -2.23. The molecule has 2 aromatic heterocycles. The van der Waals surface area contributed by atoms with Gasteiger partial charge in [-0.2, -0.15) is 5.10 Å². The van der Waals surface area contributed by atoms with E-state index in [1.807, 2.05) is 6.92 Å². The minimum atomic E-state index is -0.165. The topological polar surface area (TPSA) is 59.8 Å². The summed E-state index contributed by atoms with van der Waals surface area (Å²) in [6.45, 7) is 3.05. The summed E-state index contributed by atoms with van der Waals surface area (Å²) < 4.78 is 1.36. The Labute approximate surface area is 109 Å². The molecular formula is C12H13ClN4O. The molecule has 0 bridgehead atoms. The first-order valence-corrected chi connectivity index (χ1v) is 5.98. The smallest absolute Gasteiger partial charge is 0.269 e. The molecule has 0 atom stereocenters. The maximum absolute atomic E-state index is 11.8. The van der Waals surface area contributed by atoms with Crippen molar-refractivity contribution in [2.75, 3.05) is 11.9 Å². The first-order chi connectivity index (χ1) is 8.70. The van der Waals surface area contributed by atoms with E-state index in [0.717, 1.165) is 17.8 Å². The van der Waals surface area contributed by atoms with Gasteiger partial charge in [0, 0.05) is 25.0 Å². The van der Waals surface area contributed by atoms with Crippen LogP contribution in [-0.4, -0.2) is 21.3 Å². The third kappa shape index (κ3) is 2.87. The molecule has 0 aliphatic rings. The van der Waals surface area contributed by atoms with Crippen LogP contribution in [0.3, 0.4) is 0 Å². The second-order valence-electron chi connectivity index (χ2n) is 3.74. The van der Waals surface area contributed by atoms with E-state index in [-0.39, 0.29) is 5.56 Å². The standard InChI is InChI=1S/C12H13ClN4O/c1-2-15-10-5-12(18)17(16-6-10)8-9-3-4-14-7-11(9)13/h3-7,15H,2,8H2,1H3. The molecule has 1 N–H and O–H groups in total. The fraction of sp³-hybridized carbons (Fsp3) is 0.250. The zero-order chi connectivity index (χ0) is 13.0. The van der Waals surface area contributed by atoms with Gasteiger partial charge in [0.1, 0.15) is 0 Å². The summed E-state index contributed by atoms with van der Waals surface area (Å²) in [7, 11) is 0. The molecular weight excluding hydrogens is 252 g/mol. The third-order valence-electron chi connectivity index (χ3n) is 2.43. The molecule has 6 heteroatoms. The van der Waals surface area contributed by atoms with Crippen molar-refractivity contribution >= 4 is 17.3 Å². The summed E-state index contributed by atoms with van der Waals surface area (Å²) in [6.07, 6.45) is 4.81. The summed E-state index contributed by atoms with van der Waals surface area (Å²) in [5.74, 6) is 0. The monoisotopic (exact) mass is 264 g/mol. The fourth-order valence-electron chi connectivity index (χ4n) is 1.55. The van der Waals surface area contributed by atoms with Gasteiger partial charge in [-0.15, -0.1) is 0 Å². The summed E-state index contributed by atoms with van der Waals surface area (Å²) >= 11 is 5.99. The highest BCUT2D eigenvalue weighted by molar-refractivity contribution is 6.31. The SMILES string of the molecule is CCNc1cnn(Cc2ccncc2Cl)c(=O)c1. The predicted octanol–water partition coefficient (Wildman–Crippen LogP) is 1.77. The number of aromatic nitrogens is 3. The highest BCUT2D eigenvalue weighted by atomic mass is 35.5. The molecule has 2 heterocycles. The molecule has 2 aromatic rings. The van der Waals surface area contributed by atoms with Gasteiger partial charge in [0.05, 0.1) is 23.5 Å². The Kier molecular flexibility index (Phi) is 3.94. The first kappa shape index (κ1) is 12.6. The highest BCUT2D eigenvalue weighted by Gasteiger charge is 2.04. The number of halogens is 1. The van der Waals surface area contributed by atoms with E-state index in [0.29, 0.717) is 11.6 Å². The van der Waals surface area contributed by atoms with E-state index >= 15 is 0 Å². The second-order valence-corrected chi connectivity index (χ2v) is 4.14. The average molecular weight is 265 g/mol. The molecule has 0 fully saturated rings. The van der Waals surface area contributed by atoms with Crippen LogP contribution in [0.2, 0.25) is 5.02 Å². The normalized spacial score (nSPS) is 10.3. The van der Waals surface area contributed by atoms with Crippen LogP contribution in [-0.2, 0) is 6.54 Å². The van der Waals surface area contributed by atoms with E-state index in [2.05, 4.69) is 15.4 Å². The zero-order valence-corrected chi connectivity index (χ0v) is 10.7. The van der Waals surface area contributed by atoms with Crippen LogP contribution in [0.1, 0.15) is 12.5 Å². The Bertz CT molecular complexity index is 597.